The normalized spacial score (nSPS) is 18.3. The molecule has 0 spiro atoms. The molecule has 1 saturated carbocycles. The van der Waals surface area contributed by atoms with Crippen molar-refractivity contribution < 1.29 is 9.90 Å². The Balaban J connectivity index is 1.48. The van der Waals surface area contributed by atoms with E-state index >= 15 is 0 Å². The Hall–Kier alpha value is -3.56. The third-order valence-corrected chi connectivity index (χ3v) is 7.92. The van der Waals surface area contributed by atoms with Crippen LogP contribution in [0.15, 0.2) is 48.1 Å². The molecule has 0 radical (unpaired) electrons. The molecule has 1 fully saturated rings. The molecule has 0 unspecified atom stereocenters. The van der Waals surface area contributed by atoms with E-state index in [1.807, 2.05) is 46.5 Å². The molecule has 0 atom stereocenters. The van der Waals surface area contributed by atoms with Gasteiger partial charge in [-0.15, -0.1) is 11.3 Å². The highest BCUT2D eigenvalue weighted by Gasteiger charge is 2.30. The monoisotopic (exact) mass is 504 g/mol. The Morgan fingerprint density at radius 1 is 1.14 bits per heavy atom. The number of halogens is 1. The van der Waals surface area contributed by atoms with Gasteiger partial charge in [-0.25, -0.2) is 19.6 Å². The van der Waals surface area contributed by atoms with Crippen LogP contribution in [-0.4, -0.2) is 35.8 Å². The largest absolute Gasteiger partial charge is 0.481 e. The van der Waals surface area contributed by atoms with E-state index in [2.05, 4.69) is 9.97 Å². The van der Waals surface area contributed by atoms with Crippen LogP contribution < -0.4 is 5.73 Å². The van der Waals surface area contributed by atoms with Crippen molar-refractivity contribution in [2.75, 3.05) is 5.73 Å². The first kappa shape index (κ1) is 21.9. The van der Waals surface area contributed by atoms with E-state index < -0.39 is 5.97 Å². The number of aliphatic carboxylic acids is 1. The van der Waals surface area contributed by atoms with Crippen LogP contribution >= 0.6 is 22.9 Å². The lowest BCUT2D eigenvalue weighted by atomic mass is 9.86. The lowest BCUT2D eigenvalue weighted by Crippen LogP contribution is -2.24. The fourth-order valence-electron chi connectivity index (χ4n) is 4.89. The maximum Gasteiger partial charge on any atom is 0.306 e. The van der Waals surface area contributed by atoms with Crippen LogP contribution in [0.5, 0.6) is 0 Å². The van der Waals surface area contributed by atoms with Crippen molar-refractivity contribution in [1.82, 2.24) is 24.7 Å². The van der Waals surface area contributed by atoms with E-state index in [1.54, 1.807) is 11.3 Å². The van der Waals surface area contributed by atoms with E-state index in [-0.39, 0.29) is 12.0 Å². The van der Waals surface area contributed by atoms with Gasteiger partial charge in [-0.3, -0.25) is 4.79 Å². The molecular weight excluding hydrogens is 484 g/mol. The number of carboxylic acid groups (broad SMARTS) is 1. The van der Waals surface area contributed by atoms with Gasteiger partial charge in [-0.05, 0) is 55.3 Å². The van der Waals surface area contributed by atoms with E-state index in [0.29, 0.717) is 58.8 Å². The molecule has 0 bridgehead atoms. The molecule has 176 valence electrons. The number of pyridine rings is 1. The zero-order valence-corrected chi connectivity index (χ0v) is 20.1. The van der Waals surface area contributed by atoms with Crippen LogP contribution in [0.1, 0.15) is 31.7 Å². The van der Waals surface area contributed by atoms with Crippen molar-refractivity contribution >= 4 is 56.7 Å². The predicted molar refractivity (Wildman–Crippen MR) is 137 cm³/mol. The number of hydrogen-bond acceptors (Lipinski definition) is 7. The van der Waals surface area contributed by atoms with Gasteiger partial charge in [0.05, 0.1) is 38.5 Å². The average Bonchev–Trinajstić information content (AvgIpc) is 3.53. The van der Waals surface area contributed by atoms with Gasteiger partial charge in [0.2, 0.25) is 0 Å². The number of nitrogens with two attached hydrogens (primary N) is 1. The summed E-state index contributed by atoms with van der Waals surface area (Å²) in [7, 11) is 0. The van der Waals surface area contributed by atoms with Crippen LogP contribution in [-0.2, 0) is 4.79 Å². The summed E-state index contributed by atoms with van der Waals surface area (Å²) in [6.07, 6.45) is 4.04. The summed E-state index contributed by atoms with van der Waals surface area (Å²) in [4.78, 5) is 26.1. The highest BCUT2D eigenvalue weighted by Crippen LogP contribution is 2.40. The highest BCUT2D eigenvalue weighted by molar-refractivity contribution is 7.13. The lowest BCUT2D eigenvalue weighted by molar-refractivity contribution is -0.143. The Morgan fingerprint density at radius 2 is 1.97 bits per heavy atom. The van der Waals surface area contributed by atoms with Gasteiger partial charge in [0, 0.05) is 10.9 Å². The molecule has 35 heavy (non-hydrogen) atoms. The summed E-state index contributed by atoms with van der Waals surface area (Å²) in [5.41, 5.74) is 9.95. The number of nitrogens with zero attached hydrogens (tertiary/aromatic N) is 5. The third-order valence-electron chi connectivity index (χ3n) is 6.72. The van der Waals surface area contributed by atoms with Crippen LogP contribution in [0.4, 0.5) is 5.82 Å². The summed E-state index contributed by atoms with van der Waals surface area (Å²) in [5, 5.41) is 18.4. The lowest BCUT2D eigenvalue weighted by Gasteiger charge is -2.26. The number of fused-ring (bicyclic) bond motifs is 2. The summed E-state index contributed by atoms with van der Waals surface area (Å²) in [5.74, 6) is -0.726. The van der Waals surface area contributed by atoms with E-state index in [4.69, 9.17) is 27.4 Å². The van der Waals surface area contributed by atoms with Gasteiger partial charge >= 0.3 is 5.97 Å². The molecule has 1 aromatic carbocycles. The van der Waals surface area contributed by atoms with Gasteiger partial charge in [0.25, 0.3) is 0 Å². The standard InChI is InChI=1S/C25H21ClN6O2S/c26-17-10-14-5-8-18(20-2-1-9-35-20)30-19(14)11-16(17)22-21-23(27)28-12-29-24(21)32(31-22)15-6-3-13(4-7-15)25(33)34/h1-2,5,8-13,15H,3-4,6-7H2,(H,33,34)(H2,27,28,29). The molecule has 4 heterocycles. The van der Waals surface area contributed by atoms with Crippen molar-refractivity contribution in [3.05, 3.63) is 53.1 Å². The Labute approximate surface area is 209 Å². The maximum absolute atomic E-state index is 11.4. The molecular formula is C25H21ClN6O2S. The molecule has 1 aliphatic carbocycles. The molecule has 10 heteroatoms. The molecule has 0 aliphatic heterocycles. The summed E-state index contributed by atoms with van der Waals surface area (Å²) < 4.78 is 1.87. The first-order chi connectivity index (χ1) is 17.0. The topological polar surface area (TPSA) is 120 Å². The number of hydrogen-bond donors (Lipinski definition) is 2. The summed E-state index contributed by atoms with van der Waals surface area (Å²) in [6, 6.07) is 11.9. The number of aromatic nitrogens is 5. The second-order valence-electron chi connectivity index (χ2n) is 8.79. The molecule has 5 aromatic rings. The van der Waals surface area contributed by atoms with Crippen molar-refractivity contribution in [2.45, 2.75) is 31.7 Å². The zero-order chi connectivity index (χ0) is 24.1. The van der Waals surface area contributed by atoms with Gasteiger partial charge in [0.15, 0.2) is 5.65 Å². The number of benzene rings is 1. The molecule has 1 aliphatic rings. The number of thiophene rings is 1. The van der Waals surface area contributed by atoms with Crippen molar-refractivity contribution in [2.24, 2.45) is 5.92 Å². The Bertz CT molecular complexity index is 1570. The number of rotatable bonds is 4. The minimum atomic E-state index is -0.738. The van der Waals surface area contributed by atoms with Gasteiger partial charge in [0.1, 0.15) is 17.8 Å². The SMILES string of the molecule is Nc1ncnc2c1c(-c1cc3nc(-c4cccs4)ccc3cc1Cl)nn2C1CCC(C(=O)O)CC1. The quantitative estimate of drug-likeness (QED) is 0.316. The number of carbonyl (C=O) groups is 1. The number of anilines is 1. The smallest absolute Gasteiger partial charge is 0.306 e. The minimum absolute atomic E-state index is 0.0268. The first-order valence-electron chi connectivity index (χ1n) is 11.4. The van der Waals surface area contributed by atoms with Crippen molar-refractivity contribution in [3.8, 4) is 21.8 Å². The maximum atomic E-state index is 11.4. The van der Waals surface area contributed by atoms with Crippen molar-refractivity contribution in [1.29, 1.82) is 0 Å². The fourth-order valence-corrected chi connectivity index (χ4v) is 5.85. The van der Waals surface area contributed by atoms with Crippen LogP contribution in [0, 0.1) is 5.92 Å². The molecule has 0 saturated heterocycles. The average molecular weight is 505 g/mol. The number of nitrogen functional groups attached to an aromatic ring is 1. The van der Waals surface area contributed by atoms with Crippen LogP contribution in [0.2, 0.25) is 5.02 Å². The van der Waals surface area contributed by atoms with Crippen molar-refractivity contribution in [3.63, 3.8) is 0 Å². The first-order valence-corrected chi connectivity index (χ1v) is 12.6. The molecule has 8 nitrogen and oxygen atoms in total. The number of carboxylic acids is 1. The second kappa shape index (κ2) is 8.58. The summed E-state index contributed by atoms with van der Waals surface area (Å²) >= 11 is 8.40. The molecule has 3 N–H and O–H groups in total. The van der Waals surface area contributed by atoms with E-state index in [1.165, 1.54) is 6.33 Å². The Kier molecular flexibility index (Phi) is 5.38. The fraction of sp³-hybridized carbons (Fsp3) is 0.240. The summed E-state index contributed by atoms with van der Waals surface area (Å²) in [6.45, 7) is 0. The Morgan fingerprint density at radius 3 is 2.71 bits per heavy atom. The van der Waals surface area contributed by atoms with Gasteiger partial charge < -0.3 is 10.8 Å². The zero-order valence-electron chi connectivity index (χ0n) is 18.6. The van der Waals surface area contributed by atoms with Gasteiger partial charge in [-0.2, -0.15) is 5.10 Å². The minimum Gasteiger partial charge on any atom is -0.481 e. The predicted octanol–water partition coefficient (Wildman–Crippen LogP) is 5.82. The van der Waals surface area contributed by atoms with Gasteiger partial charge in [-0.1, -0.05) is 23.7 Å². The second-order valence-corrected chi connectivity index (χ2v) is 10.1. The highest BCUT2D eigenvalue weighted by atomic mass is 35.5. The molecule has 4 aromatic heterocycles. The van der Waals surface area contributed by atoms with E-state index in [0.717, 1.165) is 21.5 Å². The third kappa shape index (κ3) is 3.81. The van der Waals surface area contributed by atoms with Crippen LogP contribution in [0.25, 0.3) is 43.8 Å². The molecule has 6 rings (SSSR count). The van der Waals surface area contributed by atoms with E-state index in [9.17, 15) is 9.90 Å². The van der Waals surface area contributed by atoms with Crippen LogP contribution in [0.3, 0.4) is 0 Å². The molecule has 0 amide bonds.